The van der Waals surface area contributed by atoms with Crippen LogP contribution in [0.25, 0.3) is 32.9 Å². The highest BCUT2D eigenvalue weighted by atomic mass is 16.5. The fourth-order valence-corrected chi connectivity index (χ4v) is 4.34. The second-order valence-corrected chi connectivity index (χ2v) is 8.39. The Labute approximate surface area is 194 Å². The van der Waals surface area contributed by atoms with Crippen molar-refractivity contribution in [2.45, 2.75) is 6.54 Å². The van der Waals surface area contributed by atoms with Crippen molar-refractivity contribution in [2.75, 3.05) is 31.6 Å². The van der Waals surface area contributed by atoms with E-state index in [9.17, 15) is 4.79 Å². The largest absolute Gasteiger partial charge is 0.379 e. The number of benzene rings is 1. The van der Waals surface area contributed by atoms with Gasteiger partial charge in [0.05, 0.1) is 36.0 Å². The Kier molecular flexibility index (Phi) is 5.25. The van der Waals surface area contributed by atoms with Crippen LogP contribution in [-0.2, 0) is 11.3 Å². The third-order valence-electron chi connectivity index (χ3n) is 6.06. The lowest BCUT2D eigenvalue weighted by molar-refractivity contribution is 0.0341. The standard InChI is InChI=1S/C25H23N7O2/c33-25-23-17(3-4-27-25)11-22(18-9-16(12-26-13-18)15-32-5-7-34-8-6-32)30-24(23)29-20-1-2-21-19(10-20)14-28-31-21/h1-4,9-14H,5-8,15H2,(H,27,33)(H,28,31)(H,29,30). The van der Waals surface area contributed by atoms with Gasteiger partial charge < -0.3 is 15.0 Å². The summed E-state index contributed by atoms with van der Waals surface area (Å²) in [4.78, 5) is 27.1. The van der Waals surface area contributed by atoms with Gasteiger partial charge in [-0.15, -0.1) is 0 Å². The molecule has 0 amide bonds. The average molecular weight is 454 g/mol. The predicted molar refractivity (Wildman–Crippen MR) is 131 cm³/mol. The van der Waals surface area contributed by atoms with Gasteiger partial charge in [-0.05, 0) is 47.3 Å². The molecule has 170 valence electrons. The normalized spacial score (nSPS) is 14.6. The number of rotatable bonds is 5. The fourth-order valence-electron chi connectivity index (χ4n) is 4.34. The number of H-pyrrole nitrogens is 2. The molecule has 1 aliphatic rings. The zero-order valence-corrected chi connectivity index (χ0v) is 18.4. The molecule has 9 nitrogen and oxygen atoms in total. The maximum atomic E-state index is 12.7. The topological polar surface area (TPSA) is 112 Å². The molecule has 1 aliphatic heterocycles. The first-order valence-corrected chi connectivity index (χ1v) is 11.2. The minimum absolute atomic E-state index is 0.192. The molecule has 0 radical (unpaired) electrons. The first-order valence-electron chi connectivity index (χ1n) is 11.2. The van der Waals surface area contributed by atoms with Gasteiger partial charge in [-0.2, -0.15) is 5.10 Å². The summed E-state index contributed by atoms with van der Waals surface area (Å²) < 4.78 is 5.45. The summed E-state index contributed by atoms with van der Waals surface area (Å²) in [6, 6.07) is 11.8. The van der Waals surface area contributed by atoms with Crippen LogP contribution in [0.3, 0.4) is 0 Å². The Morgan fingerprint density at radius 1 is 1.03 bits per heavy atom. The third kappa shape index (κ3) is 4.02. The van der Waals surface area contributed by atoms with Gasteiger partial charge in [-0.25, -0.2) is 4.98 Å². The van der Waals surface area contributed by atoms with E-state index >= 15 is 0 Å². The first kappa shape index (κ1) is 20.5. The molecule has 3 N–H and O–H groups in total. The Morgan fingerprint density at radius 2 is 1.94 bits per heavy atom. The molecular weight excluding hydrogens is 430 g/mol. The van der Waals surface area contributed by atoms with Crippen molar-refractivity contribution in [3.05, 3.63) is 77.1 Å². The second kappa shape index (κ2) is 8.69. The van der Waals surface area contributed by atoms with Gasteiger partial charge in [0.15, 0.2) is 0 Å². The van der Waals surface area contributed by atoms with Gasteiger partial charge in [-0.3, -0.25) is 19.8 Å². The minimum Gasteiger partial charge on any atom is -0.379 e. The van der Waals surface area contributed by atoms with Crippen molar-refractivity contribution >= 4 is 33.2 Å². The highest BCUT2D eigenvalue weighted by Gasteiger charge is 2.14. The van der Waals surface area contributed by atoms with E-state index in [0.29, 0.717) is 11.2 Å². The average Bonchev–Trinajstić information content (AvgIpc) is 3.33. The number of nitrogens with one attached hydrogen (secondary N) is 3. The van der Waals surface area contributed by atoms with Crippen LogP contribution in [0.2, 0.25) is 0 Å². The number of nitrogens with zero attached hydrogens (tertiary/aromatic N) is 4. The number of aromatic amines is 2. The predicted octanol–water partition coefficient (Wildman–Crippen LogP) is 3.44. The van der Waals surface area contributed by atoms with Crippen molar-refractivity contribution in [1.29, 1.82) is 0 Å². The van der Waals surface area contributed by atoms with E-state index in [2.05, 4.69) is 36.4 Å². The van der Waals surface area contributed by atoms with Crippen LogP contribution in [0.5, 0.6) is 0 Å². The molecule has 1 fully saturated rings. The molecule has 0 bridgehead atoms. The highest BCUT2D eigenvalue weighted by molar-refractivity contribution is 5.95. The maximum Gasteiger partial charge on any atom is 0.259 e. The van der Waals surface area contributed by atoms with Crippen LogP contribution >= 0.6 is 0 Å². The summed E-state index contributed by atoms with van der Waals surface area (Å²) in [5.74, 6) is 0.496. The number of hydrogen-bond acceptors (Lipinski definition) is 7. The van der Waals surface area contributed by atoms with E-state index < -0.39 is 0 Å². The first-order chi connectivity index (χ1) is 16.7. The summed E-state index contributed by atoms with van der Waals surface area (Å²) >= 11 is 0. The molecule has 6 rings (SSSR count). The maximum absolute atomic E-state index is 12.7. The van der Waals surface area contributed by atoms with Crippen LogP contribution < -0.4 is 10.9 Å². The number of fused-ring (bicyclic) bond motifs is 2. The molecule has 0 atom stereocenters. The van der Waals surface area contributed by atoms with Gasteiger partial charge in [0, 0.05) is 54.9 Å². The molecule has 5 aromatic rings. The molecule has 34 heavy (non-hydrogen) atoms. The molecule has 0 saturated carbocycles. The summed E-state index contributed by atoms with van der Waals surface area (Å²) in [6.07, 6.45) is 7.12. The van der Waals surface area contributed by atoms with E-state index in [0.717, 1.165) is 71.6 Å². The molecule has 0 spiro atoms. The smallest absolute Gasteiger partial charge is 0.259 e. The van der Waals surface area contributed by atoms with Gasteiger partial charge in [-0.1, -0.05) is 0 Å². The molecule has 5 heterocycles. The fraction of sp³-hybridized carbons (Fsp3) is 0.200. The van der Waals surface area contributed by atoms with Crippen molar-refractivity contribution in [3.63, 3.8) is 0 Å². The Balaban J connectivity index is 1.40. The van der Waals surface area contributed by atoms with Gasteiger partial charge in [0.2, 0.25) is 0 Å². The zero-order valence-electron chi connectivity index (χ0n) is 18.4. The lowest BCUT2D eigenvalue weighted by Gasteiger charge is -2.26. The van der Waals surface area contributed by atoms with Crippen molar-refractivity contribution in [2.24, 2.45) is 0 Å². The molecule has 4 aromatic heterocycles. The van der Waals surface area contributed by atoms with Crippen LogP contribution in [0.4, 0.5) is 11.5 Å². The van der Waals surface area contributed by atoms with Gasteiger partial charge in [0.25, 0.3) is 5.56 Å². The number of morpholine rings is 1. The Hall–Kier alpha value is -4.08. The quantitative estimate of drug-likeness (QED) is 0.374. The number of hydrogen-bond donors (Lipinski definition) is 3. The molecular formula is C25H23N7O2. The summed E-state index contributed by atoms with van der Waals surface area (Å²) in [5.41, 5.74) is 4.35. The lowest BCUT2D eigenvalue weighted by Crippen LogP contribution is -2.35. The number of pyridine rings is 3. The van der Waals surface area contributed by atoms with E-state index in [-0.39, 0.29) is 5.56 Å². The lowest BCUT2D eigenvalue weighted by atomic mass is 10.1. The molecule has 0 unspecified atom stereocenters. The summed E-state index contributed by atoms with van der Waals surface area (Å²) in [5, 5.41) is 12.7. The second-order valence-electron chi connectivity index (χ2n) is 8.39. The highest BCUT2D eigenvalue weighted by Crippen LogP contribution is 2.29. The van der Waals surface area contributed by atoms with Crippen molar-refractivity contribution < 1.29 is 4.74 Å². The van der Waals surface area contributed by atoms with Crippen molar-refractivity contribution in [3.8, 4) is 11.3 Å². The van der Waals surface area contributed by atoms with Crippen LogP contribution in [0.1, 0.15) is 5.56 Å². The Bertz CT molecular complexity index is 1540. The van der Waals surface area contributed by atoms with Crippen molar-refractivity contribution in [1.82, 2.24) is 30.0 Å². The van der Waals surface area contributed by atoms with E-state index in [1.807, 2.05) is 42.7 Å². The number of aromatic nitrogens is 5. The van der Waals surface area contributed by atoms with E-state index in [1.54, 1.807) is 12.4 Å². The van der Waals surface area contributed by atoms with Gasteiger partial charge in [0.1, 0.15) is 5.82 Å². The Morgan fingerprint density at radius 3 is 2.85 bits per heavy atom. The monoisotopic (exact) mass is 453 g/mol. The molecule has 0 aliphatic carbocycles. The molecule has 9 heteroatoms. The SMILES string of the molecule is O=c1[nH]ccc2cc(-c3cncc(CN4CCOCC4)c3)nc(Nc3ccc4[nH]ncc4c3)c12. The zero-order chi connectivity index (χ0) is 22.9. The summed E-state index contributed by atoms with van der Waals surface area (Å²) in [7, 11) is 0. The molecule has 1 aromatic carbocycles. The minimum atomic E-state index is -0.192. The van der Waals surface area contributed by atoms with Crippen LogP contribution in [0, 0.1) is 0 Å². The van der Waals surface area contributed by atoms with E-state index in [4.69, 9.17) is 9.72 Å². The number of ether oxygens (including phenoxy) is 1. The van der Waals surface area contributed by atoms with E-state index in [1.165, 1.54) is 0 Å². The summed E-state index contributed by atoms with van der Waals surface area (Å²) in [6.45, 7) is 4.15. The molecule has 1 saturated heterocycles. The van der Waals surface area contributed by atoms with Gasteiger partial charge >= 0.3 is 0 Å². The number of anilines is 2. The van der Waals surface area contributed by atoms with Crippen LogP contribution in [-0.4, -0.2) is 56.4 Å². The third-order valence-corrected chi connectivity index (χ3v) is 6.06. The van der Waals surface area contributed by atoms with Crippen LogP contribution in [0.15, 0.2) is 66.0 Å².